The quantitative estimate of drug-likeness (QED) is 0.477. The SMILES string of the molecule is COc1ccc(-c2ccc(=O)n(Cc3nc(-c4ccc(C(F)(F)F)cc4)no3)n2)cc1. The van der Waals surface area contributed by atoms with Crippen molar-refractivity contribution >= 4 is 0 Å². The van der Waals surface area contributed by atoms with Gasteiger partial charge in [-0.05, 0) is 42.5 Å². The van der Waals surface area contributed by atoms with E-state index >= 15 is 0 Å². The lowest BCUT2D eigenvalue weighted by atomic mass is 10.1. The minimum Gasteiger partial charge on any atom is -0.497 e. The second-order valence-corrected chi connectivity index (χ2v) is 6.53. The molecule has 0 unspecified atom stereocenters. The summed E-state index contributed by atoms with van der Waals surface area (Å²) in [4.78, 5) is 16.4. The molecule has 0 spiro atoms. The van der Waals surface area contributed by atoms with Gasteiger partial charge in [-0.25, -0.2) is 4.68 Å². The molecule has 0 saturated carbocycles. The summed E-state index contributed by atoms with van der Waals surface area (Å²) in [5.41, 5.74) is 0.558. The van der Waals surface area contributed by atoms with Crippen molar-refractivity contribution in [3.63, 3.8) is 0 Å². The summed E-state index contributed by atoms with van der Waals surface area (Å²) in [7, 11) is 1.57. The maximum Gasteiger partial charge on any atom is 0.416 e. The third-order valence-electron chi connectivity index (χ3n) is 4.48. The number of nitrogens with zero attached hydrogens (tertiary/aromatic N) is 4. The molecule has 7 nitrogen and oxygen atoms in total. The Bertz CT molecular complexity index is 1250. The number of aromatic nitrogens is 4. The van der Waals surface area contributed by atoms with Crippen LogP contribution in [0.25, 0.3) is 22.6 Å². The summed E-state index contributed by atoms with van der Waals surface area (Å²) in [6.45, 7) is -0.0868. The highest BCUT2D eigenvalue weighted by molar-refractivity contribution is 5.59. The van der Waals surface area contributed by atoms with Gasteiger partial charge in [-0.3, -0.25) is 4.79 Å². The van der Waals surface area contributed by atoms with E-state index in [0.717, 1.165) is 17.7 Å². The summed E-state index contributed by atoms with van der Waals surface area (Å²) in [5.74, 6) is 0.901. The minimum absolute atomic E-state index is 0.0868. The Balaban J connectivity index is 1.56. The molecular weight excluding hydrogens is 413 g/mol. The van der Waals surface area contributed by atoms with E-state index in [1.807, 2.05) is 12.1 Å². The Morgan fingerprint density at radius 3 is 2.29 bits per heavy atom. The van der Waals surface area contributed by atoms with Crippen LogP contribution in [-0.4, -0.2) is 27.0 Å². The highest BCUT2D eigenvalue weighted by atomic mass is 19.4. The van der Waals surface area contributed by atoms with Crippen LogP contribution in [0.3, 0.4) is 0 Å². The molecule has 0 fully saturated rings. The molecule has 0 amide bonds. The fourth-order valence-electron chi connectivity index (χ4n) is 2.85. The summed E-state index contributed by atoms with van der Waals surface area (Å²) in [6, 6.07) is 14.5. The van der Waals surface area contributed by atoms with Crippen LogP contribution in [0.1, 0.15) is 11.5 Å². The smallest absolute Gasteiger partial charge is 0.416 e. The molecule has 0 aliphatic carbocycles. The number of hydrogen-bond acceptors (Lipinski definition) is 6. The molecule has 10 heteroatoms. The topological polar surface area (TPSA) is 83.0 Å². The van der Waals surface area contributed by atoms with Crippen LogP contribution in [0.15, 0.2) is 70.0 Å². The molecule has 158 valence electrons. The Labute approximate surface area is 173 Å². The Morgan fingerprint density at radius 2 is 1.65 bits per heavy atom. The Hall–Kier alpha value is -3.95. The molecule has 4 aromatic rings. The first-order chi connectivity index (χ1) is 14.8. The van der Waals surface area contributed by atoms with Gasteiger partial charge in [0.2, 0.25) is 11.7 Å². The average molecular weight is 428 g/mol. The van der Waals surface area contributed by atoms with Gasteiger partial charge in [0.1, 0.15) is 12.3 Å². The van der Waals surface area contributed by atoms with Crippen molar-refractivity contribution in [3.05, 3.63) is 82.5 Å². The van der Waals surface area contributed by atoms with Crippen molar-refractivity contribution in [2.75, 3.05) is 7.11 Å². The zero-order chi connectivity index (χ0) is 22.0. The van der Waals surface area contributed by atoms with Gasteiger partial charge in [0, 0.05) is 17.2 Å². The third-order valence-corrected chi connectivity index (χ3v) is 4.48. The molecule has 0 bridgehead atoms. The first-order valence-electron chi connectivity index (χ1n) is 9.06. The lowest BCUT2D eigenvalue weighted by molar-refractivity contribution is -0.137. The first kappa shape index (κ1) is 20.3. The summed E-state index contributed by atoms with van der Waals surface area (Å²) < 4.78 is 49.6. The molecule has 2 aromatic heterocycles. The van der Waals surface area contributed by atoms with E-state index in [1.54, 1.807) is 25.3 Å². The number of methoxy groups -OCH3 is 1. The van der Waals surface area contributed by atoms with Gasteiger partial charge in [-0.15, -0.1) is 0 Å². The summed E-state index contributed by atoms with van der Waals surface area (Å²) in [6.07, 6.45) is -4.43. The Kier molecular flexibility index (Phi) is 5.28. The van der Waals surface area contributed by atoms with Crippen LogP contribution in [0.5, 0.6) is 5.75 Å². The van der Waals surface area contributed by atoms with Gasteiger partial charge in [0.25, 0.3) is 5.56 Å². The van der Waals surface area contributed by atoms with Crippen molar-refractivity contribution < 1.29 is 22.4 Å². The molecule has 2 heterocycles. The van der Waals surface area contributed by atoms with E-state index in [-0.39, 0.29) is 23.8 Å². The largest absolute Gasteiger partial charge is 0.497 e. The van der Waals surface area contributed by atoms with E-state index in [4.69, 9.17) is 9.26 Å². The number of hydrogen-bond donors (Lipinski definition) is 0. The number of ether oxygens (including phenoxy) is 1. The molecule has 31 heavy (non-hydrogen) atoms. The molecule has 0 N–H and O–H groups in total. The van der Waals surface area contributed by atoms with Crippen LogP contribution < -0.4 is 10.3 Å². The molecule has 0 atom stereocenters. The van der Waals surface area contributed by atoms with Gasteiger partial charge in [-0.2, -0.15) is 23.3 Å². The van der Waals surface area contributed by atoms with Gasteiger partial charge in [0.15, 0.2) is 0 Å². The fraction of sp³-hybridized carbons (Fsp3) is 0.143. The van der Waals surface area contributed by atoms with E-state index < -0.39 is 11.7 Å². The second kappa shape index (κ2) is 8.05. The van der Waals surface area contributed by atoms with Gasteiger partial charge >= 0.3 is 6.18 Å². The van der Waals surface area contributed by atoms with Crippen molar-refractivity contribution in [1.82, 2.24) is 19.9 Å². The van der Waals surface area contributed by atoms with Crippen LogP contribution in [0.4, 0.5) is 13.2 Å². The normalized spacial score (nSPS) is 11.5. The minimum atomic E-state index is -4.43. The molecule has 0 saturated heterocycles. The van der Waals surface area contributed by atoms with Gasteiger partial charge in [0.05, 0.1) is 18.4 Å². The number of rotatable bonds is 5. The first-order valence-corrected chi connectivity index (χ1v) is 9.06. The zero-order valence-electron chi connectivity index (χ0n) is 16.1. The highest BCUT2D eigenvalue weighted by Gasteiger charge is 2.30. The number of alkyl halides is 3. The van der Waals surface area contributed by atoms with Crippen LogP contribution in [0, 0.1) is 0 Å². The average Bonchev–Trinajstić information content (AvgIpc) is 3.23. The molecule has 4 rings (SSSR count). The van der Waals surface area contributed by atoms with Gasteiger partial charge in [-0.1, -0.05) is 17.3 Å². The maximum absolute atomic E-state index is 12.7. The molecular formula is C21H15F3N4O3. The van der Waals surface area contributed by atoms with E-state index in [1.165, 1.54) is 22.9 Å². The summed E-state index contributed by atoms with van der Waals surface area (Å²) >= 11 is 0. The lowest BCUT2D eigenvalue weighted by Gasteiger charge is -2.06. The Morgan fingerprint density at radius 1 is 0.968 bits per heavy atom. The maximum atomic E-state index is 12.7. The van der Waals surface area contributed by atoms with E-state index in [2.05, 4.69) is 15.2 Å². The number of halogens is 3. The van der Waals surface area contributed by atoms with Crippen LogP contribution >= 0.6 is 0 Å². The third kappa shape index (κ3) is 4.47. The predicted octanol–water partition coefficient (Wildman–Crippen LogP) is 4.04. The fourth-order valence-corrected chi connectivity index (χ4v) is 2.85. The second-order valence-electron chi connectivity index (χ2n) is 6.53. The van der Waals surface area contributed by atoms with Crippen molar-refractivity contribution in [1.29, 1.82) is 0 Å². The highest BCUT2D eigenvalue weighted by Crippen LogP contribution is 2.30. The molecule has 0 radical (unpaired) electrons. The standard InChI is InChI=1S/C21H15F3N4O3/c1-30-16-8-4-13(5-9-16)17-10-11-19(29)28(26-17)12-18-25-20(27-31-18)14-2-6-15(7-3-14)21(22,23)24/h2-11H,12H2,1H3. The zero-order valence-corrected chi connectivity index (χ0v) is 16.1. The monoisotopic (exact) mass is 428 g/mol. The molecule has 2 aromatic carbocycles. The molecule has 0 aliphatic rings. The van der Waals surface area contributed by atoms with Crippen molar-refractivity contribution in [2.24, 2.45) is 0 Å². The predicted molar refractivity (Wildman–Crippen MR) is 104 cm³/mol. The van der Waals surface area contributed by atoms with Gasteiger partial charge < -0.3 is 9.26 Å². The van der Waals surface area contributed by atoms with Crippen molar-refractivity contribution in [3.8, 4) is 28.4 Å². The van der Waals surface area contributed by atoms with E-state index in [9.17, 15) is 18.0 Å². The molecule has 0 aliphatic heterocycles. The van der Waals surface area contributed by atoms with Crippen LogP contribution in [-0.2, 0) is 12.7 Å². The summed E-state index contributed by atoms with van der Waals surface area (Å²) in [5, 5.41) is 8.10. The van der Waals surface area contributed by atoms with E-state index in [0.29, 0.717) is 17.0 Å². The lowest BCUT2D eigenvalue weighted by Crippen LogP contribution is -2.23. The number of benzene rings is 2. The van der Waals surface area contributed by atoms with Crippen molar-refractivity contribution in [2.45, 2.75) is 12.7 Å². The van der Waals surface area contributed by atoms with Crippen LogP contribution in [0.2, 0.25) is 0 Å².